The molecular weight excluding hydrogens is 402 g/mol. The van der Waals surface area contributed by atoms with Crippen molar-refractivity contribution in [1.82, 2.24) is 5.32 Å². The zero-order valence-corrected chi connectivity index (χ0v) is 18.6. The normalized spacial score (nSPS) is 18.3. The number of amides is 2. The fraction of sp³-hybridized carbons (Fsp3) is 0.346. The summed E-state index contributed by atoms with van der Waals surface area (Å²) in [6.45, 7) is 4.00. The average Bonchev–Trinajstić information content (AvgIpc) is 2.80. The molecule has 2 atom stereocenters. The van der Waals surface area contributed by atoms with Gasteiger partial charge >= 0.3 is 0 Å². The number of anilines is 1. The van der Waals surface area contributed by atoms with E-state index in [1.54, 1.807) is 30.3 Å². The van der Waals surface area contributed by atoms with E-state index in [0.717, 1.165) is 30.5 Å². The topological polar surface area (TPSA) is 91.2 Å². The number of rotatable bonds is 7. The van der Waals surface area contributed by atoms with Crippen molar-refractivity contribution < 1.29 is 14.3 Å². The van der Waals surface area contributed by atoms with Gasteiger partial charge in [0, 0.05) is 11.7 Å². The lowest BCUT2D eigenvalue weighted by atomic mass is 9.86. The highest BCUT2D eigenvalue weighted by molar-refractivity contribution is 6.01. The summed E-state index contributed by atoms with van der Waals surface area (Å²) in [5.74, 6) is 0.366. The van der Waals surface area contributed by atoms with E-state index in [9.17, 15) is 14.9 Å². The Morgan fingerprint density at radius 2 is 1.78 bits per heavy atom. The second-order valence-electron chi connectivity index (χ2n) is 8.28. The molecule has 2 aromatic carbocycles. The van der Waals surface area contributed by atoms with Crippen molar-refractivity contribution in [3.63, 3.8) is 0 Å². The molecule has 1 saturated carbocycles. The molecular formula is C26H29N3O3. The first-order valence-electron chi connectivity index (χ1n) is 11.0. The molecule has 1 aliphatic carbocycles. The number of nitrogens with zero attached hydrogens (tertiary/aromatic N) is 1. The van der Waals surface area contributed by atoms with Crippen LogP contribution in [-0.4, -0.2) is 24.5 Å². The van der Waals surface area contributed by atoms with Crippen molar-refractivity contribution in [2.24, 2.45) is 5.92 Å². The van der Waals surface area contributed by atoms with Crippen LogP contribution < -0.4 is 15.4 Å². The molecule has 0 spiro atoms. The fourth-order valence-corrected chi connectivity index (χ4v) is 3.74. The lowest BCUT2D eigenvalue weighted by molar-refractivity contribution is -0.119. The highest BCUT2D eigenvalue weighted by Crippen LogP contribution is 2.24. The molecule has 32 heavy (non-hydrogen) atoms. The van der Waals surface area contributed by atoms with Crippen molar-refractivity contribution in [2.45, 2.75) is 45.6 Å². The molecule has 0 aromatic heterocycles. The van der Waals surface area contributed by atoms with Crippen molar-refractivity contribution >= 4 is 23.6 Å². The van der Waals surface area contributed by atoms with E-state index in [1.165, 1.54) is 6.42 Å². The van der Waals surface area contributed by atoms with Gasteiger partial charge in [0.2, 0.25) is 0 Å². The van der Waals surface area contributed by atoms with Gasteiger partial charge in [0.1, 0.15) is 17.4 Å². The lowest BCUT2D eigenvalue weighted by Crippen LogP contribution is -2.41. The Balaban J connectivity index is 1.53. The van der Waals surface area contributed by atoms with E-state index in [4.69, 9.17) is 4.74 Å². The van der Waals surface area contributed by atoms with Crippen LogP contribution in [0.5, 0.6) is 5.75 Å². The Hall–Kier alpha value is -3.59. The molecule has 0 heterocycles. The summed E-state index contributed by atoms with van der Waals surface area (Å²) in [6.07, 6.45) is 5.91. The molecule has 6 nitrogen and oxygen atoms in total. The fourth-order valence-electron chi connectivity index (χ4n) is 3.74. The number of ether oxygens (including phenoxy) is 1. The maximum absolute atomic E-state index is 12.5. The van der Waals surface area contributed by atoms with Gasteiger partial charge in [-0.2, -0.15) is 5.26 Å². The summed E-state index contributed by atoms with van der Waals surface area (Å²) >= 11 is 0. The van der Waals surface area contributed by atoms with E-state index >= 15 is 0 Å². The monoisotopic (exact) mass is 431 g/mol. The van der Waals surface area contributed by atoms with Crippen LogP contribution in [0, 0.1) is 24.2 Å². The molecule has 6 heteroatoms. The first-order valence-corrected chi connectivity index (χ1v) is 11.0. The summed E-state index contributed by atoms with van der Waals surface area (Å²) < 4.78 is 5.53. The molecule has 166 valence electrons. The van der Waals surface area contributed by atoms with Gasteiger partial charge in [0.25, 0.3) is 11.8 Å². The van der Waals surface area contributed by atoms with Gasteiger partial charge in [-0.25, -0.2) is 0 Å². The van der Waals surface area contributed by atoms with Crippen molar-refractivity contribution in [2.75, 3.05) is 11.9 Å². The third kappa shape index (κ3) is 6.71. The van der Waals surface area contributed by atoms with Crippen LogP contribution in [0.15, 0.2) is 54.1 Å². The van der Waals surface area contributed by atoms with E-state index in [-0.39, 0.29) is 30.0 Å². The van der Waals surface area contributed by atoms with Gasteiger partial charge in [-0.1, -0.05) is 49.6 Å². The molecule has 0 saturated heterocycles. The minimum Gasteiger partial charge on any atom is -0.484 e. The molecule has 2 amide bonds. The van der Waals surface area contributed by atoms with E-state index in [2.05, 4.69) is 17.6 Å². The lowest BCUT2D eigenvalue weighted by Gasteiger charge is -2.29. The molecule has 1 fully saturated rings. The van der Waals surface area contributed by atoms with Crippen LogP contribution in [0.2, 0.25) is 0 Å². The summed E-state index contributed by atoms with van der Waals surface area (Å²) in [4.78, 5) is 24.6. The number of nitriles is 1. The quantitative estimate of drug-likeness (QED) is 0.495. The number of carbonyl (C=O) groups excluding carboxylic acids is 2. The van der Waals surface area contributed by atoms with Crippen LogP contribution in [0.4, 0.5) is 5.69 Å². The number of carbonyl (C=O) groups is 2. The number of hydrogen-bond acceptors (Lipinski definition) is 4. The van der Waals surface area contributed by atoms with Gasteiger partial charge in [-0.05, 0) is 61.6 Å². The molecule has 0 unspecified atom stereocenters. The van der Waals surface area contributed by atoms with Crippen molar-refractivity contribution in [3.8, 4) is 11.8 Å². The van der Waals surface area contributed by atoms with Crippen molar-refractivity contribution in [3.05, 3.63) is 65.2 Å². The van der Waals surface area contributed by atoms with E-state index in [1.807, 2.05) is 37.3 Å². The standard InChI is InChI=1S/C26H29N3O3/c1-18-7-11-22(12-8-18)28-25(30)17-32-23-13-9-20(10-14-23)15-21(16-27)26(31)29-24-6-4-3-5-19(24)2/h7-15,19,24H,3-6,17H2,1-2H3,(H,28,30)(H,29,31)/b21-15+/t19-,24-/m0/s1. The second-order valence-corrected chi connectivity index (χ2v) is 8.28. The first kappa shape index (κ1) is 23.1. The van der Waals surface area contributed by atoms with Crippen LogP contribution in [-0.2, 0) is 9.59 Å². The number of nitrogens with one attached hydrogen (secondary N) is 2. The zero-order chi connectivity index (χ0) is 22.9. The summed E-state index contributed by atoms with van der Waals surface area (Å²) in [6, 6.07) is 16.6. The average molecular weight is 432 g/mol. The third-order valence-corrected chi connectivity index (χ3v) is 5.69. The predicted molar refractivity (Wildman–Crippen MR) is 125 cm³/mol. The molecule has 3 rings (SSSR count). The highest BCUT2D eigenvalue weighted by Gasteiger charge is 2.24. The summed E-state index contributed by atoms with van der Waals surface area (Å²) in [5, 5.41) is 15.2. The maximum Gasteiger partial charge on any atom is 0.262 e. The molecule has 0 aliphatic heterocycles. The minimum absolute atomic E-state index is 0.0777. The second kappa shape index (κ2) is 11.1. The molecule has 0 radical (unpaired) electrons. The smallest absolute Gasteiger partial charge is 0.262 e. The largest absolute Gasteiger partial charge is 0.484 e. The third-order valence-electron chi connectivity index (χ3n) is 5.69. The number of benzene rings is 2. The van der Waals surface area contributed by atoms with Crippen LogP contribution in [0.3, 0.4) is 0 Å². The molecule has 0 bridgehead atoms. The number of hydrogen-bond donors (Lipinski definition) is 2. The molecule has 1 aliphatic rings. The Morgan fingerprint density at radius 1 is 1.09 bits per heavy atom. The first-order chi connectivity index (χ1) is 15.4. The Kier molecular flexibility index (Phi) is 8.04. The molecule has 2 aromatic rings. The van der Waals surface area contributed by atoms with Gasteiger partial charge in [0.05, 0.1) is 0 Å². The Bertz CT molecular complexity index is 1000. The van der Waals surface area contributed by atoms with Gasteiger partial charge in [-0.3, -0.25) is 9.59 Å². The predicted octanol–water partition coefficient (Wildman–Crippen LogP) is 4.61. The van der Waals surface area contributed by atoms with Crippen LogP contribution in [0.1, 0.15) is 43.7 Å². The summed E-state index contributed by atoms with van der Waals surface area (Å²) in [7, 11) is 0. The van der Waals surface area contributed by atoms with Crippen molar-refractivity contribution in [1.29, 1.82) is 5.26 Å². The summed E-state index contributed by atoms with van der Waals surface area (Å²) in [5.41, 5.74) is 2.63. The zero-order valence-electron chi connectivity index (χ0n) is 18.6. The maximum atomic E-state index is 12.5. The minimum atomic E-state index is -0.334. The van der Waals surface area contributed by atoms with Crippen LogP contribution in [0.25, 0.3) is 6.08 Å². The van der Waals surface area contributed by atoms with Crippen LogP contribution >= 0.6 is 0 Å². The van der Waals surface area contributed by atoms with Gasteiger partial charge in [-0.15, -0.1) is 0 Å². The van der Waals surface area contributed by atoms with E-state index < -0.39 is 0 Å². The molecule has 2 N–H and O–H groups in total. The van der Waals surface area contributed by atoms with Gasteiger partial charge < -0.3 is 15.4 Å². The van der Waals surface area contributed by atoms with Gasteiger partial charge in [0.15, 0.2) is 6.61 Å². The highest BCUT2D eigenvalue weighted by atomic mass is 16.5. The SMILES string of the molecule is Cc1ccc(NC(=O)COc2ccc(/C=C(\C#N)C(=O)N[C@H]3CCCC[C@@H]3C)cc2)cc1. The Morgan fingerprint density at radius 3 is 2.44 bits per heavy atom. The van der Waals surface area contributed by atoms with E-state index in [0.29, 0.717) is 17.2 Å². The Labute approximate surface area is 189 Å². The number of aryl methyl sites for hydroxylation is 1.